The van der Waals surface area contributed by atoms with Gasteiger partial charge in [0.1, 0.15) is 36.6 Å². The Hall–Kier alpha value is -6.79. The molecule has 0 aliphatic carbocycles. The van der Waals surface area contributed by atoms with Crippen molar-refractivity contribution in [1.29, 1.82) is 0 Å². The second-order valence-corrected chi connectivity index (χ2v) is 18.1. The van der Waals surface area contributed by atoms with E-state index in [1.165, 1.54) is 0 Å². The van der Waals surface area contributed by atoms with Crippen LogP contribution in [0.5, 0.6) is 0 Å². The van der Waals surface area contributed by atoms with Gasteiger partial charge in [0.15, 0.2) is 24.8 Å². The SMILES string of the molecule is [N-]=[N+]=NCCCCCO[C@H]1OC(COCc2ccccc2)[C@@H](OCc2ccccc2)C(O[C@H]2OC(COCc3ccccc3)[C@@H](OCc3ccccc3)C(O)C2OC(=O)c2ccccc2)C1OC(=O)c1ccccc1. The summed E-state index contributed by atoms with van der Waals surface area (Å²) in [6.07, 6.45) is -11.0. The van der Waals surface area contributed by atoms with E-state index < -0.39 is 73.4 Å². The molecule has 10 atom stereocenters. The van der Waals surface area contributed by atoms with Crippen LogP contribution in [0.15, 0.2) is 187 Å². The summed E-state index contributed by atoms with van der Waals surface area (Å²) in [5, 5.41) is 16.3. The summed E-state index contributed by atoms with van der Waals surface area (Å²) in [6, 6.07) is 55.1. The Labute approximate surface area is 436 Å². The van der Waals surface area contributed by atoms with Gasteiger partial charge >= 0.3 is 11.9 Å². The summed E-state index contributed by atoms with van der Waals surface area (Å²) < 4.78 is 66.2. The van der Waals surface area contributed by atoms with Gasteiger partial charge in [-0.1, -0.05) is 169 Å². The second kappa shape index (κ2) is 29.3. The van der Waals surface area contributed by atoms with Crippen molar-refractivity contribution in [2.45, 2.75) is 107 Å². The van der Waals surface area contributed by atoms with Crippen LogP contribution in [0.3, 0.4) is 0 Å². The van der Waals surface area contributed by atoms with E-state index in [0.29, 0.717) is 25.8 Å². The largest absolute Gasteiger partial charge is 0.450 e. The molecule has 75 heavy (non-hydrogen) atoms. The maximum atomic E-state index is 14.3. The normalized spacial score (nSPS) is 23.4. The van der Waals surface area contributed by atoms with Crippen molar-refractivity contribution in [3.05, 3.63) is 226 Å². The molecule has 0 bridgehead atoms. The maximum absolute atomic E-state index is 14.3. The van der Waals surface area contributed by atoms with Crippen LogP contribution in [0.2, 0.25) is 0 Å². The van der Waals surface area contributed by atoms with Crippen molar-refractivity contribution >= 4 is 11.9 Å². The summed E-state index contributed by atoms with van der Waals surface area (Å²) in [5.41, 5.74) is 12.8. The Morgan fingerprint density at radius 1 is 0.480 bits per heavy atom. The minimum absolute atomic E-state index is 0.0362. The lowest BCUT2D eigenvalue weighted by molar-refractivity contribution is -0.366. The molecule has 2 fully saturated rings. The highest BCUT2D eigenvalue weighted by molar-refractivity contribution is 5.90. The molecule has 8 rings (SSSR count). The fraction of sp³-hybridized carbons (Fsp3) is 0.356. The van der Waals surface area contributed by atoms with Crippen LogP contribution in [0.25, 0.3) is 10.4 Å². The van der Waals surface area contributed by atoms with Crippen molar-refractivity contribution in [2.24, 2.45) is 5.11 Å². The first-order valence-corrected chi connectivity index (χ1v) is 25.3. The average Bonchev–Trinajstić information content (AvgIpc) is 3.45. The van der Waals surface area contributed by atoms with E-state index in [1.54, 1.807) is 60.7 Å². The number of ether oxygens (including phenoxy) is 10. The number of benzene rings is 6. The summed E-state index contributed by atoms with van der Waals surface area (Å²) in [5.74, 6) is -1.47. The third-order valence-electron chi connectivity index (χ3n) is 12.6. The van der Waals surface area contributed by atoms with E-state index in [9.17, 15) is 14.7 Å². The van der Waals surface area contributed by atoms with E-state index in [1.807, 2.05) is 121 Å². The molecule has 6 unspecified atom stereocenters. The molecule has 0 radical (unpaired) electrons. The molecule has 16 nitrogen and oxygen atoms in total. The lowest BCUT2D eigenvalue weighted by Gasteiger charge is -2.49. The molecule has 392 valence electrons. The highest BCUT2D eigenvalue weighted by atomic mass is 16.8. The van der Waals surface area contributed by atoms with Crippen molar-refractivity contribution < 1.29 is 62.1 Å². The van der Waals surface area contributed by atoms with Gasteiger partial charge in [-0.3, -0.25) is 0 Å². The van der Waals surface area contributed by atoms with Crippen molar-refractivity contribution in [3.63, 3.8) is 0 Å². The van der Waals surface area contributed by atoms with Gasteiger partial charge in [0.2, 0.25) is 0 Å². The Bertz CT molecular complexity index is 2640. The van der Waals surface area contributed by atoms with Gasteiger partial charge in [-0.05, 0) is 64.9 Å². The average molecular weight is 1020 g/mol. The molecule has 2 heterocycles. The van der Waals surface area contributed by atoms with Crippen molar-refractivity contribution in [2.75, 3.05) is 26.4 Å². The van der Waals surface area contributed by atoms with Gasteiger partial charge in [-0.25, -0.2) is 9.59 Å². The zero-order valence-corrected chi connectivity index (χ0v) is 41.6. The number of unbranched alkanes of at least 4 members (excludes halogenated alkanes) is 2. The van der Waals surface area contributed by atoms with Crippen molar-refractivity contribution in [3.8, 4) is 0 Å². The number of carbonyl (C=O) groups is 2. The first kappa shape index (κ1) is 54.5. The van der Waals surface area contributed by atoms with E-state index in [2.05, 4.69) is 10.0 Å². The number of carbonyl (C=O) groups excluding carboxylic acids is 2. The second-order valence-electron chi connectivity index (χ2n) is 18.1. The van der Waals surface area contributed by atoms with Gasteiger partial charge in [-0.15, -0.1) is 0 Å². The van der Waals surface area contributed by atoms with Crippen molar-refractivity contribution in [1.82, 2.24) is 0 Å². The third-order valence-corrected chi connectivity index (χ3v) is 12.6. The minimum atomic E-state index is -1.58. The van der Waals surface area contributed by atoms with Gasteiger partial charge in [0.05, 0.1) is 50.8 Å². The Balaban J connectivity index is 1.19. The van der Waals surface area contributed by atoms with E-state index in [0.717, 1.165) is 22.3 Å². The molecular formula is C59H63N3O13. The molecule has 0 saturated carbocycles. The van der Waals surface area contributed by atoms with Gasteiger partial charge < -0.3 is 52.5 Å². The Kier molecular flexibility index (Phi) is 21.3. The highest BCUT2D eigenvalue weighted by Gasteiger charge is 2.55. The summed E-state index contributed by atoms with van der Waals surface area (Å²) in [6.45, 7) is 0.932. The van der Waals surface area contributed by atoms with Crippen LogP contribution in [0, 0.1) is 0 Å². The molecule has 2 saturated heterocycles. The summed E-state index contributed by atoms with van der Waals surface area (Å²) in [7, 11) is 0. The van der Waals surface area contributed by atoms with Crippen LogP contribution in [-0.2, 0) is 73.8 Å². The molecular weight excluding hydrogens is 959 g/mol. The van der Waals surface area contributed by atoms with Crippen LogP contribution < -0.4 is 0 Å². The van der Waals surface area contributed by atoms with Gasteiger partial charge in [0.25, 0.3) is 0 Å². The van der Waals surface area contributed by atoms with Crippen LogP contribution in [0.1, 0.15) is 62.2 Å². The summed E-state index contributed by atoms with van der Waals surface area (Å²) >= 11 is 0. The predicted octanol–water partition coefficient (Wildman–Crippen LogP) is 9.74. The molecule has 2 aliphatic heterocycles. The first-order chi connectivity index (χ1) is 36.9. The van der Waals surface area contributed by atoms with E-state index >= 15 is 0 Å². The number of nitrogens with zero attached hydrogens (tertiary/aromatic N) is 3. The van der Waals surface area contributed by atoms with Crippen LogP contribution in [-0.4, -0.2) is 105 Å². The number of rotatable bonds is 27. The highest BCUT2D eigenvalue weighted by Crippen LogP contribution is 2.36. The van der Waals surface area contributed by atoms with Gasteiger partial charge in [0, 0.05) is 18.1 Å². The van der Waals surface area contributed by atoms with E-state index in [4.69, 9.17) is 52.9 Å². The zero-order valence-electron chi connectivity index (χ0n) is 41.6. The fourth-order valence-corrected chi connectivity index (χ4v) is 8.76. The lowest BCUT2D eigenvalue weighted by Crippen LogP contribution is -2.66. The maximum Gasteiger partial charge on any atom is 0.338 e. The quantitative estimate of drug-likeness (QED) is 0.0169. The number of aliphatic hydroxyl groups excluding tert-OH is 1. The van der Waals surface area contributed by atoms with Gasteiger partial charge in [-0.2, -0.15) is 0 Å². The number of azide groups is 1. The smallest absolute Gasteiger partial charge is 0.338 e. The topological polar surface area (TPSA) is 195 Å². The van der Waals surface area contributed by atoms with Crippen LogP contribution >= 0.6 is 0 Å². The van der Waals surface area contributed by atoms with E-state index in [-0.39, 0.29) is 57.4 Å². The fourth-order valence-electron chi connectivity index (χ4n) is 8.76. The Morgan fingerprint density at radius 2 is 0.907 bits per heavy atom. The molecule has 16 heteroatoms. The molecule has 1 N–H and O–H groups in total. The number of hydrogen-bond donors (Lipinski definition) is 1. The first-order valence-electron chi connectivity index (χ1n) is 25.3. The predicted molar refractivity (Wildman–Crippen MR) is 276 cm³/mol. The number of aliphatic hydroxyl groups is 1. The molecule has 6 aromatic rings. The molecule has 6 aromatic carbocycles. The molecule has 0 spiro atoms. The molecule has 0 aromatic heterocycles. The third kappa shape index (κ3) is 16.4. The number of hydrogen-bond acceptors (Lipinski definition) is 14. The Morgan fingerprint density at radius 3 is 1.40 bits per heavy atom. The standard InChI is InChI=1S/C59H63N3O13/c60-62-61-34-20-7-21-35-68-58-55(74-57(65)47-32-18-6-19-33-47)54(52(70-39-45-28-14-4-15-29-45)49(71-58)41-67-37-43-24-10-2-11-25-43)75-59-53(73-56(64)46-30-16-5-17-31-46)50(63)51(69-38-44-26-12-3-13-27-44)48(72-59)40-66-36-42-22-8-1-9-23-42/h1-6,8-19,22-33,48-55,58-59,63H,7,20-21,34-41H2/t48?,49?,50?,51-,52-,53?,54?,55?,58+,59-/m1/s1. The lowest BCUT2D eigenvalue weighted by atomic mass is 9.96. The number of esters is 2. The summed E-state index contributed by atoms with van der Waals surface area (Å²) in [4.78, 5) is 31.4. The minimum Gasteiger partial charge on any atom is -0.450 e. The molecule has 2 aliphatic rings. The molecule has 0 amide bonds. The van der Waals surface area contributed by atoms with Crippen LogP contribution in [0.4, 0.5) is 0 Å². The monoisotopic (exact) mass is 1020 g/mol. The zero-order chi connectivity index (χ0) is 51.9.